The lowest BCUT2D eigenvalue weighted by molar-refractivity contribution is 0.282. The second-order valence-electron chi connectivity index (χ2n) is 6.43. The van der Waals surface area contributed by atoms with Gasteiger partial charge in [-0.05, 0) is 46.3 Å². The van der Waals surface area contributed by atoms with Gasteiger partial charge in [0.05, 0.1) is 6.61 Å². The van der Waals surface area contributed by atoms with E-state index in [9.17, 15) is 5.11 Å². The molecule has 0 saturated heterocycles. The van der Waals surface area contributed by atoms with Crippen LogP contribution in [0.1, 0.15) is 11.1 Å². The maximum absolute atomic E-state index is 9.29. The van der Waals surface area contributed by atoms with Crippen molar-refractivity contribution in [2.75, 3.05) is 0 Å². The zero-order valence-corrected chi connectivity index (χ0v) is 17.5. The van der Waals surface area contributed by atoms with Crippen LogP contribution in [-0.4, -0.2) is 5.11 Å². The summed E-state index contributed by atoms with van der Waals surface area (Å²) in [7, 11) is 0. The van der Waals surface area contributed by atoms with Crippen LogP contribution in [0.5, 0.6) is 5.75 Å². The van der Waals surface area contributed by atoms with E-state index in [1.807, 2.05) is 42.5 Å². The minimum atomic E-state index is 0.0562. The number of ether oxygens (including phenoxy) is 1. The van der Waals surface area contributed by atoms with Crippen LogP contribution >= 0.6 is 27.3 Å². The van der Waals surface area contributed by atoms with E-state index in [0.29, 0.717) is 6.61 Å². The lowest BCUT2D eigenvalue weighted by Gasteiger charge is -2.13. The van der Waals surface area contributed by atoms with Crippen LogP contribution in [0.4, 0.5) is 0 Å². The smallest absolute Gasteiger partial charge is 0.127 e. The highest BCUT2D eigenvalue weighted by molar-refractivity contribution is 9.10. The number of benzene rings is 3. The van der Waals surface area contributed by atoms with Crippen molar-refractivity contribution in [2.45, 2.75) is 13.2 Å². The molecule has 0 unspecified atom stereocenters. The second-order valence-corrected chi connectivity index (χ2v) is 8.26. The third-order valence-electron chi connectivity index (χ3n) is 4.53. The highest BCUT2D eigenvalue weighted by atomic mass is 79.9. The van der Waals surface area contributed by atoms with Gasteiger partial charge in [-0.2, -0.15) is 0 Å². The molecule has 0 radical (unpaired) electrons. The van der Waals surface area contributed by atoms with E-state index in [1.165, 1.54) is 4.88 Å². The summed E-state index contributed by atoms with van der Waals surface area (Å²) in [6.07, 6.45) is 0. The van der Waals surface area contributed by atoms with Crippen molar-refractivity contribution in [3.63, 3.8) is 0 Å². The van der Waals surface area contributed by atoms with Gasteiger partial charge in [0.1, 0.15) is 12.4 Å². The van der Waals surface area contributed by atoms with E-state index in [2.05, 4.69) is 57.7 Å². The zero-order valence-electron chi connectivity index (χ0n) is 15.1. The van der Waals surface area contributed by atoms with E-state index in [1.54, 1.807) is 11.3 Å². The minimum Gasteiger partial charge on any atom is -0.488 e. The van der Waals surface area contributed by atoms with Gasteiger partial charge in [0.2, 0.25) is 0 Å². The molecule has 0 spiro atoms. The molecule has 2 nitrogen and oxygen atoms in total. The van der Waals surface area contributed by atoms with Crippen molar-refractivity contribution in [1.82, 2.24) is 0 Å². The number of aliphatic hydroxyl groups excluding tert-OH is 1. The molecule has 0 saturated carbocycles. The third-order valence-corrected chi connectivity index (χ3v) is 5.99. The molecule has 0 bridgehead atoms. The molecule has 0 aliphatic carbocycles. The van der Waals surface area contributed by atoms with Crippen molar-refractivity contribution < 1.29 is 9.84 Å². The Hall–Kier alpha value is -2.40. The summed E-state index contributed by atoms with van der Waals surface area (Å²) in [5.41, 5.74) is 5.40. The normalized spacial score (nSPS) is 10.8. The Morgan fingerprint density at radius 2 is 1.61 bits per heavy atom. The first-order valence-electron chi connectivity index (χ1n) is 8.99. The molecular formula is C24H19BrO2S. The van der Waals surface area contributed by atoms with Gasteiger partial charge in [-0.15, -0.1) is 11.3 Å². The molecule has 4 heteroatoms. The Labute approximate surface area is 177 Å². The molecule has 1 aromatic heterocycles. The van der Waals surface area contributed by atoms with Gasteiger partial charge in [0, 0.05) is 20.5 Å². The molecule has 1 heterocycles. The standard InChI is InChI=1S/C24H19BrO2S/c25-20-10-11-23(27-16-18-4-2-1-3-5-18)22(14-20)21-12-13-28-24(21)19-8-6-17(15-26)7-9-19/h1-14,26H,15-16H2. The maximum atomic E-state index is 9.29. The largest absolute Gasteiger partial charge is 0.488 e. The predicted octanol–water partition coefficient (Wildman–Crippen LogP) is 6.92. The zero-order chi connectivity index (χ0) is 19.3. The van der Waals surface area contributed by atoms with E-state index >= 15 is 0 Å². The van der Waals surface area contributed by atoms with Gasteiger partial charge in [-0.3, -0.25) is 0 Å². The average molecular weight is 451 g/mol. The maximum Gasteiger partial charge on any atom is 0.127 e. The van der Waals surface area contributed by atoms with Gasteiger partial charge in [0.15, 0.2) is 0 Å². The Kier molecular flexibility index (Phi) is 5.91. The highest BCUT2D eigenvalue weighted by Crippen LogP contribution is 2.42. The van der Waals surface area contributed by atoms with Crippen molar-refractivity contribution in [2.24, 2.45) is 0 Å². The van der Waals surface area contributed by atoms with Crippen molar-refractivity contribution >= 4 is 27.3 Å². The molecule has 1 N–H and O–H groups in total. The van der Waals surface area contributed by atoms with E-state index < -0.39 is 0 Å². The molecule has 4 rings (SSSR count). The van der Waals surface area contributed by atoms with Crippen molar-refractivity contribution in [3.05, 3.63) is 99.8 Å². The van der Waals surface area contributed by atoms with Crippen LogP contribution in [0, 0.1) is 0 Å². The highest BCUT2D eigenvalue weighted by Gasteiger charge is 2.14. The number of rotatable bonds is 6. The minimum absolute atomic E-state index is 0.0562. The molecule has 0 fully saturated rings. The number of aliphatic hydroxyl groups is 1. The van der Waals surface area contributed by atoms with Gasteiger partial charge >= 0.3 is 0 Å². The first-order chi connectivity index (χ1) is 13.7. The van der Waals surface area contributed by atoms with Crippen LogP contribution in [0.3, 0.4) is 0 Å². The van der Waals surface area contributed by atoms with Crippen LogP contribution in [0.25, 0.3) is 21.6 Å². The number of hydrogen-bond acceptors (Lipinski definition) is 3. The Bertz CT molecular complexity index is 1060. The van der Waals surface area contributed by atoms with Gasteiger partial charge in [-0.1, -0.05) is 70.5 Å². The summed E-state index contributed by atoms with van der Waals surface area (Å²) in [6.45, 7) is 0.584. The first-order valence-corrected chi connectivity index (χ1v) is 10.7. The summed E-state index contributed by atoms with van der Waals surface area (Å²) in [6, 6.07) is 26.5. The first kappa shape index (κ1) is 18.9. The fourth-order valence-electron chi connectivity index (χ4n) is 3.08. The van der Waals surface area contributed by atoms with Gasteiger partial charge in [0.25, 0.3) is 0 Å². The summed E-state index contributed by atoms with van der Waals surface area (Å²) < 4.78 is 7.20. The summed E-state index contributed by atoms with van der Waals surface area (Å²) in [4.78, 5) is 1.19. The molecule has 4 aromatic rings. The van der Waals surface area contributed by atoms with Crippen molar-refractivity contribution in [3.8, 4) is 27.3 Å². The van der Waals surface area contributed by atoms with Gasteiger partial charge in [-0.25, -0.2) is 0 Å². The quantitative estimate of drug-likeness (QED) is 0.345. The van der Waals surface area contributed by atoms with E-state index in [0.717, 1.165) is 38.0 Å². The van der Waals surface area contributed by atoms with E-state index in [-0.39, 0.29) is 6.61 Å². The second kappa shape index (κ2) is 8.74. The molecule has 0 aliphatic heterocycles. The van der Waals surface area contributed by atoms with Crippen LogP contribution in [-0.2, 0) is 13.2 Å². The Morgan fingerprint density at radius 1 is 0.821 bits per heavy atom. The predicted molar refractivity (Wildman–Crippen MR) is 120 cm³/mol. The average Bonchev–Trinajstić information content (AvgIpc) is 3.23. The molecule has 0 aliphatic rings. The number of hydrogen-bond donors (Lipinski definition) is 1. The molecular weight excluding hydrogens is 432 g/mol. The summed E-state index contributed by atoms with van der Waals surface area (Å²) in [5, 5.41) is 11.4. The number of thiophene rings is 1. The molecule has 28 heavy (non-hydrogen) atoms. The lowest BCUT2D eigenvalue weighted by atomic mass is 10.0. The van der Waals surface area contributed by atoms with Crippen LogP contribution < -0.4 is 4.74 Å². The molecule has 0 atom stereocenters. The van der Waals surface area contributed by atoms with Crippen LogP contribution in [0.15, 0.2) is 88.7 Å². The fraction of sp³-hybridized carbons (Fsp3) is 0.0833. The topological polar surface area (TPSA) is 29.5 Å². The Balaban J connectivity index is 1.69. The SMILES string of the molecule is OCc1ccc(-c2sccc2-c2cc(Br)ccc2OCc2ccccc2)cc1. The molecule has 0 amide bonds. The van der Waals surface area contributed by atoms with E-state index in [4.69, 9.17) is 4.74 Å². The number of halogens is 1. The third kappa shape index (κ3) is 4.20. The molecule has 140 valence electrons. The van der Waals surface area contributed by atoms with Crippen LogP contribution in [0.2, 0.25) is 0 Å². The van der Waals surface area contributed by atoms with Crippen molar-refractivity contribution in [1.29, 1.82) is 0 Å². The summed E-state index contributed by atoms with van der Waals surface area (Å²) >= 11 is 5.30. The molecule has 3 aromatic carbocycles. The van der Waals surface area contributed by atoms with Gasteiger partial charge < -0.3 is 9.84 Å². The lowest BCUT2D eigenvalue weighted by Crippen LogP contribution is -1.97. The Morgan fingerprint density at radius 3 is 2.36 bits per heavy atom. The fourth-order valence-corrected chi connectivity index (χ4v) is 4.36. The summed E-state index contributed by atoms with van der Waals surface area (Å²) in [5.74, 6) is 0.860. The monoisotopic (exact) mass is 450 g/mol.